The van der Waals surface area contributed by atoms with Crippen molar-refractivity contribution in [2.24, 2.45) is 5.92 Å². The number of rotatable bonds is 8. The Balaban J connectivity index is 4.44. The zero-order valence-corrected chi connectivity index (χ0v) is 11.2. The number of nitrogens with one attached hydrogen (secondary N) is 1. The molecule has 0 aromatic heterocycles. The van der Waals surface area contributed by atoms with Gasteiger partial charge in [-0.15, -0.1) is 0 Å². The Morgan fingerprint density at radius 3 is 1.88 bits per heavy atom. The van der Waals surface area contributed by atoms with Crippen molar-refractivity contribution >= 4 is 11.6 Å². The van der Waals surface area contributed by atoms with Crippen LogP contribution in [-0.4, -0.2) is 23.7 Å². The lowest BCUT2D eigenvalue weighted by molar-refractivity contribution is -0.121. The van der Waals surface area contributed by atoms with Crippen LogP contribution in [0, 0.1) is 5.92 Å². The molecule has 0 radical (unpaired) electrons. The van der Waals surface area contributed by atoms with E-state index in [2.05, 4.69) is 19.2 Å². The molecule has 1 N–H and O–H groups in total. The first-order chi connectivity index (χ1) is 7.38. The molecule has 0 rings (SSSR count). The molecule has 0 aromatic carbocycles. The van der Waals surface area contributed by atoms with Crippen molar-refractivity contribution in [2.75, 3.05) is 0 Å². The van der Waals surface area contributed by atoms with Gasteiger partial charge in [0.15, 0.2) is 0 Å². The standard InChI is InChI=1S/C13H25NO2/c1-6-7-12(10(4)15)14-13(11(5)16)8-9(2)3/h9,12-14H,6-8H2,1-5H3/t12-,13-/m0/s1. The Labute approximate surface area is 99.0 Å². The molecule has 0 heterocycles. The second kappa shape index (κ2) is 7.55. The molecule has 0 fully saturated rings. The van der Waals surface area contributed by atoms with Crippen LogP contribution < -0.4 is 5.32 Å². The maximum absolute atomic E-state index is 11.5. The molecule has 0 aliphatic carbocycles. The number of carbonyl (C=O) groups excluding carboxylic acids is 2. The molecular weight excluding hydrogens is 202 g/mol. The second-order valence-corrected chi connectivity index (χ2v) is 4.91. The van der Waals surface area contributed by atoms with Crippen molar-refractivity contribution < 1.29 is 9.59 Å². The number of hydrogen-bond donors (Lipinski definition) is 1. The number of carbonyl (C=O) groups is 2. The van der Waals surface area contributed by atoms with Gasteiger partial charge in [0.2, 0.25) is 0 Å². The van der Waals surface area contributed by atoms with Gasteiger partial charge in [-0.05, 0) is 32.6 Å². The van der Waals surface area contributed by atoms with Crippen LogP contribution in [0.3, 0.4) is 0 Å². The second-order valence-electron chi connectivity index (χ2n) is 4.91. The molecule has 0 saturated carbocycles. The third-order valence-electron chi connectivity index (χ3n) is 2.67. The van der Waals surface area contributed by atoms with Gasteiger partial charge in [-0.2, -0.15) is 0 Å². The van der Waals surface area contributed by atoms with Crippen LogP contribution in [0.4, 0.5) is 0 Å². The van der Waals surface area contributed by atoms with Crippen LogP contribution in [0.5, 0.6) is 0 Å². The van der Waals surface area contributed by atoms with Gasteiger partial charge < -0.3 is 0 Å². The molecule has 0 spiro atoms. The molecule has 0 amide bonds. The Kier molecular flexibility index (Phi) is 7.22. The molecule has 94 valence electrons. The van der Waals surface area contributed by atoms with Crippen molar-refractivity contribution in [1.29, 1.82) is 0 Å². The van der Waals surface area contributed by atoms with E-state index in [1.165, 1.54) is 0 Å². The zero-order chi connectivity index (χ0) is 12.7. The first-order valence-electron chi connectivity index (χ1n) is 6.15. The lowest BCUT2D eigenvalue weighted by Crippen LogP contribution is -2.46. The van der Waals surface area contributed by atoms with Gasteiger partial charge >= 0.3 is 0 Å². The number of Topliss-reactive ketones (excluding diaryl/α,β-unsaturated/α-hetero) is 2. The molecular formula is C13H25NO2. The summed E-state index contributed by atoms with van der Waals surface area (Å²) >= 11 is 0. The fraction of sp³-hybridized carbons (Fsp3) is 0.846. The van der Waals surface area contributed by atoms with E-state index in [0.29, 0.717) is 5.92 Å². The van der Waals surface area contributed by atoms with Crippen molar-refractivity contribution in [3.05, 3.63) is 0 Å². The predicted octanol–water partition coefficient (Wildman–Crippen LogP) is 2.34. The fourth-order valence-corrected chi connectivity index (χ4v) is 1.76. The third kappa shape index (κ3) is 6.01. The summed E-state index contributed by atoms with van der Waals surface area (Å²) in [5.41, 5.74) is 0. The van der Waals surface area contributed by atoms with Gasteiger partial charge in [0.05, 0.1) is 12.1 Å². The highest BCUT2D eigenvalue weighted by Crippen LogP contribution is 2.08. The first kappa shape index (κ1) is 15.3. The molecule has 2 atom stereocenters. The summed E-state index contributed by atoms with van der Waals surface area (Å²) in [6.45, 7) is 9.38. The van der Waals surface area contributed by atoms with Crippen LogP contribution in [-0.2, 0) is 9.59 Å². The van der Waals surface area contributed by atoms with Crippen molar-refractivity contribution in [3.8, 4) is 0 Å². The quantitative estimate of drug-likeness (QED) is 0.692. The van der Waals surface area contributed by atoms with Gasteiger partial charge in [-0.1, -0.05) is 27.2 Å². The maximum atomic E-state index is 11.5. The summed E-state index contributed by atoms with van der Waals surface area (Å²) in [7, 11) is 0. The minimum atomic E-state index is -0.180. The summed E-state index contributed by atoms with van der Waals surface area (Å²) in [5.74, 6) is 0.698. The predicted molar refractivity (Wildman–Crippen MR) is 66.4 cm³/mol. The van der Waals surface area contributed by atoms with E-state index in [1.807, 2.05) is 6.92 Å². The van der Waals surface area contributed by atoms with Crippen LogP contribution in [0.25, 0.3) is 0 Å². The van der Waals surface area contributed by atoms with Crippen molar-refractivity contribution in [3.63, 3.8) is 0 Å². The van der Waals surface area contributed by atoms with E-state index >= 15 is 0 Å². The van der Waals surface area contributed by atoms with E-state index in [-0.39, 0.29) is 23.7 Å². The fourth-order valence-electron chi connectivity index (χ4n) is 1.76. The Morgan fingerprint density at radius 1 is 1.06 bits per heavy atom. The highest BCUT2D eigenvalue weighted by Gasteiger charge is 2.21. The van der Waals surface area contributed by atoms with Crippen LogP contribution in [0.1, 0.15) is 53.9 Å². The average molecular weight is 227 g/mol. The highest BCUT2D eigenvalue weighted by molar-refractivity contribution is 5.85. The highest BCUT2D eigenvalue weighted by atomic mass is 16.1. The molecule has 0 aliphatic rings. The summed E-state index contributed by atoms with van der Waals surface area (Å²) in [5, 5.41) is 3.19. The lowest BCUT2D eigenvalue weighted by Gasteiger charge is -2.23. The average Bonchev–Trinajstić information content (AvgIpc) is 2.14. The number of hydrogen-bond acceptors (Lipinski definition) is 3. The summed E-state index contributed by atoms with van der Waals surface area (Å²) in [4.78, 5) is 22.9. The SMILES string of the molecule is CCC[C@H](N[C@@H](CC(C)C)C(C)=O)C(C)=O. The summed E-state index contributed by atoms with van der Waals surface area (Å²) < 4.78 is 0. The number of ketones is 2. The molecule has 0 saturated heterocycles. The maximum Gasteiger partial charge on any atom is 0.146 e. The van der Waals surface area contributed by atoms with Gasteiger partial charge in [0, 0.05) is 0 Å². The molecule has 3 heteroatoms. The Hall–Kier alpha value is -0.700. The topological polar surface area (TPSA) is 46.2 Å². The summed E-state index contributed by atoms with van der Waals surface area (Å²) in [6.07, 6.45) is 2.55. The minimum Gasteiger partial charge on any atom is -0.298 e. The van der Waals surface area contributed by atoms with E-state index in [1.54, 1.807) is 13.8 Å². The van der Waals surface area contributed by atoms with Crippen molar-refractivity contribution in [2.45, 2.75) is 66.0 Å². The van der Waals surface area contributed by atoms with Crippen LogP contribution in [0.2, 0.25) is 0 Å². The molecule has 16 heavy (non-hydrogen) atoms. The van der Waals surface area contributed by atoms with E-state index < -0.39 is 0 Å². The third-order valence-corrected chi connectivity index (χ3v) is 2.67. The largest absolute Gasteiger partial charge is 0.298 e. The van der Waals surface area contributed by atoms with Gasteiger partial charge in [0.25, 0.3) is 0 Å². The molecule has 0 unspecified atom stereocenters. The zero-order valence-electron chi connectivity index (χ0n) is 11.2. The molecule has 3 nitrogen and oxygen atoms in total. The minimum absolute atomic E-state index is 0.121. The first-order valence-corrected chi connectivity index (χ1v) is 6.15. The van der Waals surface area contributed by atoms with Gasteiger partial charge in [-0.3, -0.25) is 14.9 Å². The monoisotopic (exact) mass is 227 g/mol. The van der Waals surface area contributed by atoms with E-state index in [0.717, 1.165) is 19.3 Å². The molecule has 0 aliphatic heterocycles. The van der Waals surface area contributed by atoms with Gasteiger partial charge in [0.1, 0.15) is 11.6 Å². The van der Waals surface area contributed by atoms with Gasteiger partial charge in [-0.25, -0.2) is 0 Å². The van der Waals surface area contributed by atoms with Crippen LogP contribution >= 0.6 is 0 Å². The van der Waals surface area contributed by atoms with E-state index in [9.17, 15) is 9.59 Å². The molecule has 0 bridgehead atoms. The van der Waals surface area contributed by atoms with Crippen LogP contribution in [0.15, 0.2) is 0 Å². The smallest absolute Gasteiger partial charge is 0.146 e. The normalized spacial score (nSPS) is 14.9. The Morgan fingerprint density at radius 2 is 1.56 bits per heavy atom. The Bertz CT molecular complexity index is 236. The molecule has 0 aromatic rings. The lowest BCUT2D eigenvalue weighted by atomic mass is 9.98. The summed E-state index contributed by atoms with van der Waals surface area (Å²) in [6, 6.07) is -0.349. The van der Waals surface area contributed by atoms with E-state index in [4.69, 9.17) is 0 Å². The van der Waals surface area contributed by atoms with Crippen molar-refractivity contribution in [1.82, 2.24) is 5.32 Å².